The fourth-order valence-electron chi connectivity index (χ4n) is 5.75. The molecule has 2 fully saturated rings. The quantitative estimate of drug-likeness (QED) is 0.272. The molecule has 2 aliphatic rings. The number of hydrogen-bond acceptors (Lipinski definition) is 8. The number of thiazole rings is 1. The summed E-state index contributed by atoms with van der Waals surface area (Å²) in [5, 5.41) is 19.7. The average molecular weight is 613 g/mol. The van der Waals surface area contributed by atoms with Gasteiger partial charge in [-0.15, -0.1) is 11.3 Å². The number of aliphatic hydroxyl groups excluding tert-OH is 1. The molecular weight excluding hydrogens is 564 g/mol. The number of nitrogens with one attached hydrogen (secondary N) is 3. The van der Waals surface area contributed by atoms with E-state index >= 15 is 0 Å². The summed E-state index contributed by atoms with van der Waals surface area (Å²) in [5.74, 6) is -0.801. The van der Waals surface area contributed by atoms with E-state index in [9.17, 15) is 19.5 Å². The van der Waals surface area contributed by atoms with E-state index in [0.29, 0.717) is 13.0 Å². The summed E-state index contributed by atoms with van der Waals surface area (Å²) < 4.78 is 0. The number of aliphatic hydroxyl groups is 1. The lowest BCUT2D eigenvalue weighted by atomic mass is 9.85. The summed E-state index contributed by atoms with van der Waals surface area (Å²) >= 11 is 1.59. The van der Waals surface area contributed by atoms with Crippen molar-refractivity contribution in [2.24, 2.45) is 5.41 Å². The lowest BCUT2D eigenvalue weighted by Crippen LogP contribution is -2.57. The van der Waals surface area contributed by atoms with E-state index < -0.39 is 23.6 Å². The first-order chi connectivity index (χ1) is 20.5. The number of rotatable bonds is 12. The van der Waals surface area contributed by atoms with Crippen molar-refractivity contribution in [3.05, 3.63) is 41.0 Å². The van der Waals surface area contributed by atoms with Crippen LogP contribution in [0.4, 0.5) is 0 Å². The van der Waals surface area contributed by atoms with Crippen molar-refractivity contribution in [2.45, 2.75) is 84.5 Å². The number of amides is 3. The van der Waals surface area contributed by atoms with E-state index in [1.54, 1.807) is 11.3 Å². The van der Waals surface area contributed by atoms with Crippen molar-refractivity contribution < 1.29 is 19.5 Å². The number of benzene rings is 1. The maximum atomic E-state index is 13.8. The van der Waals surface area contributed by atoms with Crippen molar-refractivity contribution in [1.82, 2.24) is 30.7 Å². The van der Waals surface area contributed by atoms with E-state index in [0.717, 1.165) is 73.7 Å². The molecule has 3 unspecified atom stereocenters. The van der Waals surface area contributed by atoms with Gasteiger partial charge in [0.25, 0.3) is 0 Å². The number of carbonyl (C=O) groups is 3. The normalized spacial score (nSPS) is 20.2. The van der Waals surface area contributed by atoms with Crippen LogP contribution in [-0.2, 0) is 20.9 Å². The molecule has 0 saturated carbocycles. The Morgan fingerprint density at radius 1 is 1.12 bits per heavy atom. The third-order valence-electron chi connectivity index (χ3n) is 8.30. The molecule has 0 radical (unpaired) electrons. The molecule has 3 heterocycles. The van der Waals surface area contributed by atoms with Gasteiger partial charge < -0.3 is 30.9 Å². The Morgan fingerprint density at radius 2 is 1.84 bits per heavy atom. The molecule has 0 spiro atoms. The number of aromatic nitrogens is 1. The molecule has 1 aromatic carbocycles. The average Bonchev–Trinajstić information content (AvgIpc) is 3.59. The first-order valence-electron chi connectivity index (χ1n) is 15.5. The molecule has 43 heavy (non-hydrogen) atoms. The zero-order valence-corrected chi connectivity index (χ0v) is 26.8. The number of hydrogen-bond donors (Lipinski definition) is 4. The Morgan fingerprint density at radius 3 is 2.49 bits per heavy atom. The van der Waals surface area contributed by atoms with Crippen LogP contribution in [0.2, 0.25) is 0 Å². The van der Waals surface area contributed by atoms with Crippen LogP contribution < -0.4 is 16.0 Å². The van der Waals surface area contributed by atoms with E-state index in [-0.39, 0.29) is 30.7 Å². The maximum absolute atomic E-state index is 13.8. The van der Waals surface area contributed by atoms with Gasteiger partial charge in [-0.1, -0.05) is 51.5 Å². The number of likely N-dealkylation sites (tertiary alicyclic amines) is 1. The lowest BCUT2D eigenvalue weighted by Gasteiger charge is -2.35. The standard InChI is InChI=1S/C32H48N6O4S/c1-22-28(43-21-35-22)24-11-9-23(10-12-24)19-34-30(41)26-18-25(39)20-38(26)31(42)29(32(2,3)4)36-27(40)8-6-5-7-15-37-16-13-33-14-17-37/h9-12,21,25-26,29,33,39H,5-8,13-20H2,1-4H3,(H,34,41)(H,36,40). The Balaban J connectivity index is 1.29. The van der Waals surface area contributed by atoms with Crippen molar-refractivity contribution in [2.75, 3.05) is 39.3 Å². The molecule has 2 aromatic rings. The lowest BCUT2D eigenvalue weighted by molar-refractivity contribution is -0.144. The molecule has 3 atom stereocenters. The van der Waals surface area contributed by atoms with Gasteiger partial charge in [0, 0.05) is 52.1 Å². The van der Waals surface area contributed by atoms with Crippen LogP contribution in [0.15, 0.2) is 29.8 Å². The Labute approximate surface area is 259 Å². The molecule has 4 N–H and O–H groups in total. The second-order valence-electron chi connectivity index (χ2n) is 12.8. The molecule has 0 bridgehead atoms. The van der Waals surface area contributed by atoms with E-state index in [1.165, 1.54) is 4.90 Å². The van der Waals surface area contributed by atoms with Gasteiger partial charge in [0.15, 0.2) is 0 Å². The third-order valence-corrected chi connectivity index (χ3v) is 9.28. The third kappa shape index (κ3) is 9.31. The number of aryl methyl sites for hydroxylation is 1. The van der Waals surface area contributed by atoms with Gasteiger partial charge in [-0.25, -0.2) is 4.98 Å². The van der Waals surface area contributed by atoms with Crippen LogP contribution in [0, 0.1) is 12.3 Å². The fourth-order valence-corrected chi connectivity index (χ4v) is 6.56. The molecule has 11 heteroatoms. The summed E-state index contributed by atoms with van der Waals surface area (Å²) in [6, 6.07) is 6.37. The van der Waals surface area contributed by atoms with Crippen LogP contribution in [0.3, 0.4) is 0 Å². The fraction of sp³-hybridized carbons (Fsp3) is 0.625. The highest BCUT2D eigenvalue weighted by Gasteiger charge is 2.44. The molecular formula is C32H48N6O4S. The molecule has 236 valence electrons. The zero-order chi connectivity index (χ0) is 31.0. The van der Waals surface area contributed by atoms with Gasteiger partial charge >= 0.3 is 0 Å². The molecule has 3 amide bonds. The number of carbonyl (C=O) groups excluding carboxylic acids is 3. The van der Waals surface area contributed by atoms with Crippen molar-refractivity contribution >= 4 is 29.1 Å². The second kappa shape index (κ2) is 15.2. The summed E-state index contributed by atoms with van der Waals surface area (Å²) in [7, 11) is 0. The number of β-amino-alcohol motifs (C(OH)–C–C–N with tert-alkyl or cyclic N) is 1. The molecule has 4 rings (SSSR count). The van der Waals surface area contributed by atoms with E-state index in [4.69, 9.17) is 0 Å². The highest BCUT2D eigenvalue weighted by Crippen LogP contribution is 2.28. The van der Waals surface area contributed by atoms with E-state index in [2.05, 4.69) is 25.8 Å². The van der Waals surface area contributed by atoms with Crippen molar-refractivity contribution in [3.63, 3.8) is 0 Å². The van der Waals surface area contributed by atoms with Gasteiger partial charge in [0.2, 0.25) is 17.7 Å². The zero-order valence-electron chi connectivity index (χ0n) is 26.0. The Bertz CT molecular complexity index is 1220. The molecule has 10 nitrogen and oxygen atoms in total. The minimum Gasteiger partial charge on any atom is -0.391 e. The summed E-state index contributed by atoms with van der Waals surface area (Å²) in [5.41, 5.74) is 4.26. The second-order valence-corrected chi connectivity index (χ2v) is 13.7. The van der Waals surface area contributed by atoms with Crippen LogP contribution in [-0.4, -0.2) is 95.1 Å². The van der Waals surface area contributed by atoms with Crippen LogP contribution in [0.25, 0.3) is 10.4 Å². The van der Waals surface area contributed by atoms with Gasteiger partial charge in [-0.2, -0.15) is 0 Å². The SMILES string of the molecule is Cc1ncsc1-c1ccc(CNC(=O)C2CC(O)CN2C(=O)C(NC(=O)CCCCCN2CCNCC2)C(C)(C)C)cc1. The predicted octanol–water partition coefficient (Wildman–Crippen LogP) is 2.69. The monoisotopic (exact) mass is 612 g/mol. The summed E-state index contributed by atoms with van der Waals surface area (Å²) in [4.78, 5) is 49.3. The van der Waals surface area contributed by atoms with Crippen LogP contribution >= 0.6 is 11.3 Å². The largest absolute Gasteiger partial charge is 0.391 e. The topological polar surface area (TPSA) is 127 Å². The Hall–Kier alpha value is -2.86. The van der Waals surface area contributed by atoms with Gasteiger partial charge in [0.05, 0.1) is 22.2 Å². The first-order valence-corrected chi connectivity index (χ1v) is 16.4. The predicted molar refractivity (Wildman–Crippen MR) is 169 cm³/mol. The number of nitrogens with zero attached hydrogens (tertiary/aromatic N) is 3. The summed E-state index contributed by atoms with van der Waals surface area (Å²) in [6.45, 7) is 13.3. The van der Waals surface area contributed by atoms with Gasteiger partial charge in [0.1, 0.15) is 12.1 Å². The highest BCUT2D eigenvalue weighted by atomic mass is 32.1. The Kier molecular flexibility index (Phi) is 11.7. The smallest absolute Gasteiger partial charge is 0.246 e. The molecule has 1 aromatic heterocycles. The van der Waals surface area contributed by atoms with Crippen molar-refractivity contribution in [1.29, 1.82) is 0 Å². The first kappa shape index (κ1) is 33.0. The van der Waals surface area contributed by atoms with E-state index in [1.807, 2.05) is 57.5 Å². The van der Waals surface area contributed by atoms with Crippen molar-refractivity contribution in [3.8, 4) is 10.4 Å². The van der Waals surface area contributed by atoms with Gasteiger partial charge in [-0.05, 0) is 42.9 Å². The molecule has 0 aliphatic carbocycles. The minimum atomic E-state index is -0.802. The molecule has 2 aliphatic heterocycles. The molecule has 2 saturated heterocycles. The number of unbranched alkanes of at least 4 members (excludes halogenated alkanes) is 2. The maximum Gasteiger partial charge on any atom is 0.246 e. The minimum absolute atomic E-state index is 0.0638. The van der Waals surface area contributed by atoms with Gasteiger partial charge in [-0.3, -0.25) is 14.4 Å². The highest BCUT2D eigenvalue weighted by molar-refractivity contribution is 7.13. The number of piperazine rings is 1. The van der Waals surface area contributed by atoms with Crippen LogP contribution in [0.1, 0.15) is 64.1 Å². The van der Waals surface area contributed by atoms with Crippen LogP contribution in [0.5, 0.6) is 0 Å². The summed E-state index contributed by atoms with van der Waals surface area (Å²) in [6.07, 6.45) is 2.50.